The van der Waals surface area contributed by atoms with Crippen molar-refractivity contribution in [2.45, 2.75) is 44.8 Å². The molecule has 0 radical (unpaired) electrons. The van der Waals surface area contributed by atoms with Crippen LogP contribution in [-0.4, -0.2) is 49.8 Å². The summed E-state index contributed by atoms with van der Waals surface area (Å²) in [5.41, 5.74) is 0. The van der Waals surface area contributed by atoms with Gasteiger partial charge < -0.3 is 9.47 Å². The number of methoxy groups -OCH3 is 1. The monoisotopic (exact) mass is 241 g/mol. The first-order valence-electron chi connectivity index (χ1n) is 6.64. The zero-order chi connectivity index (χ0) is 12.3. The van der Waals surface area contributed by atoms with E-state index >= 15 is 0 Å². The number of carbonyl (C=O) groups excluding carboxylic acids is 1. The van der Waals surface area contributed by atoms with Crippen LogP contribution >= 0.6 is 0 Å². The van der Waals surface area contributed by atoms with Crippen LogP contribution in [-0.2, 0) is 14.3 Å². The molecule has 98 valence electrons. The van der Waals surface area contributed by atoms with Crippen molar-refractivity contribution < 1.29 is 14.3 Å². The molecule has 3 atom stereocenters. The maximum Gasteiger partial charge on any atom is 0.309 e. The minimum absolute atomic E-state index is 0.0598. The number of rotatable bonds is 3. The number of hydrogen-bond acceptors (Lipinski definition) is 4. The van der Waals surface area contributed by atoms with Gasteiger partial charge in [0.25, 0.3) is 0 Å². The molecule has 2 aliphatic rings. The van der Waals surface area contributed by atoms with Crippen LogP contribution in [0, 0.1) is 5.92 Å². The van der Waals surface area contributed by atoms with E-state index in [1.54, 1.807) is 0 Å². The van der Waals surface area contributed by atoms with E-state index in [2.05, 4.69) is 11.8 Å². The lowest BCUT2D eigenvalue weighted by atomic mass is 9.98. The van der Waals surface area contributed by atoms with Crippen molar-refractivity contribution in [3.63, 3.8) is 0 Å². The van der Waals surface area contributed by atoms with Crippen LogP contribution in [0.1, 0.15) is 32.6 Å². The Labute approximate surface area is 103 Å². The minimum Gasteiger partial charge on any atom is -0.469 e. The first-order chi connectivity index (χ1) is 8.19. The normalized spacial score (nSPS) is 34.8. The average Bonchev–Trinajstić information content (AvgIpc) is 2.74. The summed E-state index contributed by atoms with van der Waals surface area (Å²) in [7, 11) is 1.48. The Balaban J connectivity index is 1.79. The Morgan fingerprint density at radius 3 is 2.88 bits per heavy atom. The minimum atomic E-state index is -0.0598. The predicted molar refractivity (Wildman–Crippen MR) is 64.7 cm³/mol. The highest BCUT2D eigenvalue weighted by Gasteiger charge is 2.29. The van der Waals surface area contributed by atoms with Crippen LogP contribution in [0.4, 0.5) is 0 Å². The molecule has 2 rings (SSSR count). The molecule has 2 saturated heterocycles. The third-order valence-corrected chi connectivity index (χ3v) is 3.82. The standard InChI is InChI=1S/C13H23NO3/c1-10-5-6-12(17-10)9-14-7-3-4-11(8-14)13(15)16-2/h10-12H,3-9H2,1-2H3. The molecule has 0 saturated carbocycles. The van der Waals surface area contributed by atoms with Crippen LogP contribution in [0.5, 0.6) is 0 Å². The van der Waals surface area contributed by atoms with Gasteiger partial charge >= 0.3 is 5.97 Å². The number of piperidine rings is 1. The van der Waals surface area contributed by atoms with Crippen LogP contribution in [0.3, 0.4) is 0 Å². The Bertz CT molecular complexity index is 269. The maximum absolute atomic E-state index is 11.5. The molecule has 3 unspecified atom stereocenters. The highest BCUT2D eigenvalue weighted by molar-refractivity contribution is 5.72. The molecular weight excluding hydrogens is 218 g/mol. The molecule has 0 aromatic rings. The van der Waals surface area contributed by atoms with Crippen molar-refractivity contribution in [3.05, 3.63) is 0 Å². The second-order valence-electron chi connectivity index (χ2n) is 5.27. The van der Waals surface area contributed by atoms with Crippen LogP contribution in [0.25, 0.3) is 0 Å². The van der Waals surface area contributed by atoms with Crippen LogP contribution in [0.2, 0.25) is 0 Å². The summed E-state index contributed by atoms with van der Waals surface area (Å²) >= 11 is 0. The van der Waals surface area contributed by atoms with Gasteiger partial charge in [0.2, 0.25) is 0 Å². The molecule has 0 spiro atoms. The highest BCUT2D eigenvalue weighted by Crippen LogP contribution is 2.23. The first-order valence-corrected chi connectivity index (χ1v) is 6.64. The lowest BCUT2D eigenvalue weighted by Crippen LogP contribution is -2.42. The fourth-order valence-electron chi connectivity index (χ4n) is 2.89. The zero-order valence-corrected chi connectivity index (χ0v) is 10.9. The summed E-state index contributed by atoms with van der Waals surface area (Å²) in [5.74, 6) is 0.00276. The Kier molecular flexibility index (Phi) is 4.40. The van der Waals surface area contributed by atoms with Crippen LogP contribution < -0.4 is 0 Å². The van der Waals surface area contributed by atoms with Gasteiger partial charge in [0.1, 0.15) is 0 Å². The maximum atomic E-state index is 11.5. The lowest BCUT2D eigenvalue weighted by Gasteiger charge is -2.32. The Morgan fingerprint density at radius 2 is 2.24 bits per heavy atom. The third kappa shape index (κ3) is 3.42. The van der Waals surface area contributed by atoms with E-state index in [4.69, 9.17) is 9.47 Å². The molecule has 0 bridgehead atoms. The fourth-order valence-corrected chi connectivity index (χ4v) is 2.89. The third-order valence-electron chi connectivity index (χ3n) is 3.82. The molecule has 0 aliphatic carbocycles. The molecule has 4 heteroatoms. The Hall–Kier alpha value is -0.610. The summed E-state index contributed by atoms with van der Waals surface area (Å²) in [4.78, 5) is 13.9. The van der Waals surface area contributed by atoms with Crippen molar-refractivity contribution in [2.75, 3.05) is 26.7 Å². The zero-order valence-electron chi connectivity index (χ0n) is 10.9. The summed E-state index contributed by atoms with van der Waals surface area (Å²) in [6.07, 6.45) is 5.13. The van der Waals surface area contributed by atoms with E-state index in [9.17, 15) is 4.79 Å². The molecule has 0 N–H and O–H groups in total. The molecule has 17 heavy (non-hydrogen) atoms. The summed E-state index contributed by atoms with van der Waals surface area (Å²) < 4.78 is 10.7. The summed E-state index contributed by atoms with van der Waals surface area (Å²) in [6.45, 7) is 5.02. The number of carbonyl (C=O) groups is 1. The van der Waals surface area contributed by atoms with Crippen LogP contribution in [0.15, 0.2) is 0 Å². The highest BCUT2D eigenvalue weighted by atomic mass is 16.5. The van der Waals surface area contributed by atoms with Crippen molar-refractivity contribution >= 4 is 5.97 Å². The molecular formula is C13H23NO3. The molecule has 2 fully saturated rings. The molecule has 0 aromatic heterocycles. The lowest BCUT2D eigenvalue weighted by molar-refractivity contribution is -0.147. The largest absolute Gasteiger partial charge is 0.469 e. The van der Waals surface area contributed by atoms with E-state index in [1.165, 1.54) is 13.5 Å². The molecule has 4 nitrogen and oxygen atoms in total. The van der Waals surface area contributed by atoms with Gasteiger partial charge in [0, 0.05) is 13.1 Å². The van der Waals surface area contributed by atoms with Gasteiger partial charge in [-0.15, -0.1) is 0 Å². The van der Waals surface area contributed by atoms with Crippen molar-refractivity contribution in [2.24, 2.45) is 5.92 Å². The van der Waals surface area contributed by atoms with Gasteiger partial charge in [0.15, 0.2) is 0 Å². The van der Waals surface area contributed by atoms with E-state index in [-0.39, 0.29) is 11.9 Å². The van der Waals surface area contributed by atoms with Gasteiger partial charge in [-0.25, -0.2) is 0 Å². The van der Waals surface area contributed by atoms with Gasteiger partial charge in [-0.2, -0.15) is 0 Å². The summed E-state index contributed by atoms with van der Waals surface area (Å²) in [6, 6.07) is 0. The second kappa shape index (κ2) is 5.83. The smallest absolute Gasteiger partial charge is 0.309 e. The average molecular weight is 241 g/mol. The number of ether oxygens (including phenoxy) is 2. The predicted octanol–water partition coefficient (Wildman–Crippen LogP) is 1.44. The summed E-state index contributed by atoms with van der Waals surface area (Å²) in [5, 5.41) is 0. The van der Waals surface area contributed by atoms with E-state index < -0.39 is 0 Å². The van der Waals surface area contributed by atoms with Crippen molar-refractivity contribution in [1.82, 2.24) is 4.90 Å². The Morgan fingerprint density at radius 1 is 1.41 bits per heavy atom. The van der Waals surface area contributed by atoms with E-state index in [0.717, 1.165) is 38.9 Å². The van der Waals surface area contributed by atoms with Gasteiger partial charge in [-0.05, 0) is 39.2 Å². The SMILES string of the molecule is COC(=O)C1CCCN(CC2CCC(C)O2)C1. The van der Waals surface area contributed by atoms with Gasteiger partial charge in [-0.1, -0.05) is 0 Å². The fraction of sp³-hybridized carbons (Fsp3) is 0.923. The molecule has 0 aromatic carbocycles. The van der Waals surface area contributed by atoms with Gasteiger partial charge in [-0.3, -0.25) is 9.69 Å². The van der Waals surface area contributed by atoms with Crippen molar-refractivity contribution in [1.29, 1.82) is 0 Å². The number of esters is 1. The molecule has 2 heterocycles. The van der Waals surface area contributed by atoms with Gasteiger partial charge in [0.05, 0.1) is 25.2 Å². The van der Waals surface area contributed by atoms with Crippen molar-refractivity contribution in [3.8, 4) is 0 Å². The topological polar surface area (TPSA) is 38.8 Å². The molecule has 2 aliphatic heterocycles. The molecule has 0 amide bonds. The first kappa shape index (κ1) is 12.8. The second-order valence-corrected chi connectivity index (χ2v) is 5.27. The number of likely N-dealkylation sites (tertiary alicyclic amines) is 1. The number of nitrogens with zero attached hydrogens (tertiary/aromatic N) is 1. The van der Waals surface area contributed by atoms with E-state index in [1.807, 2.05) is 0 Å². The van der Waals surface area contributed by atoms with E-state index in [0.29, 0.717) is 12.2 Å². The quantitative estimate of drug-likeness (QED) is 0.701. The number of hydrogen-bond donors (Lipinski definition) is 0.